The summed E-state index contributed by atoms with van der Waals surface area (Å²) in [6.45, 7) is 0.217. The van der Waals surface area contributed by atoms with Gasteiger partial charge in [-0.25, -0.2) is 9.18 Å². The summed E-state index contributed by atoms with van der Waals surface area (Å²) in [6.07, 6.45) is -0.455. The summed E-state index contributed by atoms with van der Waals surface area (Å²) >= 11 is 0. The monoisotopic (exact) mass is 200 g/mol. The van der Waals surface area contributed by atoms with Crippen LogP contribution in [0.2, 0.25) is 0 Å². The fraction of sp³-hybridized carbons (Fsp3) is 0.833. The number of alkyl halides is 1. The van der Waals surface area contributed by atoms with Gasteiger partial charge < -0.3 is 10.8 Å². The van der Waals surface area contributed by atoms with Crippen molar-refractivity contribution in [2.24, 2.45) is 5.73 Å². The zero-order valence-corrected chi connectivity index (χ0v) is 6.84. The first kappa shape index (κ1) is 12.2. The SMILES string of the molecule is NCCCC[C@@](F)(C(=O)O)N(F)F. The minimum atomic E-state index is -3.59. The fourth-order valence-electron chi connectivity index (χ4n) is 0.767. The zero-order valence-electron chi connectivity index (χ0n) is 6.84. The van der Waals surface area contributed by atoms with E-state index in [0.29, 0.717) is 6.42 Å². The molecule has 4 nitrogen and oxygen atoms in total. The quantitative estimate of drug-likeness (QED) is 0.380. The van der Waals surface area contributed by atoms with Crippen molar-refractivity contribution in [3.05, 3.63) is 0 Å². The summed E-state index contributed by atoms with van der Waals surface area (Å²) in [6, 6.07) is 0. The molecule has 7 heteroatoms. The van der Waals surface area contributed by atoms with E-state index in [1.54, 1.807) is 0 Å². The number of nitrogens with two attached hydrogens (primary N) is 1. The molecule has 0 amide bonds. The summed E-state index contributed by atoms with van der Waals surface area (Å²) in [7, 11) is 0. The lowest BCUT2D eigenvalue weighted by Crippen LogP contribution is -2.43. The summed E-state index contributed by atoms with van der Waals surface area (Å²) in [4.78, 5) is 10.1. The average molecular weight is 200 g/mol. The number of nitrogens with zero attached hydrogens (tertiary/aromatic N) is 1. The minimum Gasteiger partial charge on any atom is -0.478 e. The van der Waals surface area contributed by atoms with Gasteiger partial charge in [0.05, 0.1) is 5.34 Å². The summed E-state index contributed by atoms with van der Waals surface area (Å²) in [5.74, 6) is -5.77. The van der Waals surface area contributed by atoms with Gasteiger partial charge in [-0.1, -0.05) is 8.96 Å². The van der Waals surface area contributed by atoms with E-state index >= 15 is 0 Å². The normalized spacial score (nSPS) is 15.8. The molecule has 0 saturated heterocycles. The molecule has 0 heterocycles. The van der Waals surface area contributed by atoms with Crippen LogP contribution in [0, 0.1) is 0 Å². The Labute approximate surface area is 73.0 Å². The molecule has 0 radical (unpaired) electrons. The number of carboxylic acid groups (broad SMARTS) is 1. The molecule has 0 fully saturated rings. The van der Waals surface area contributed by atoms with Crippen LogP contribution < -0.4 is 5.73 Å². The molecule has 0 spiro atoms. The Balaban J connectivity index is 4.17. The predicted octanol–water partition coefficient (Wildman–Crippen LogP) is 0.937. The highest BCUT2D eigenvalue weighted by Gasteiger charge is 2.47. The molecule has 0 aromatic carbocycles. The maximum Gasteiger partial charge on any atom is 0.362 e. The molecule has 3 N–H and O–H groups in total. The second-order valence-corrected chi connectivity index (χ2v) is 2.54. The smallest absolute Gasteiger partial charge is 0.362 e. The van der Waals surface area contributed by atoms with Gasteiger partial charge in [0.1, 0.15) is 0 Å². The van der Waals surface area contributed by atoms with E-state index in [0.717, 1.165) is 0 Å². The zero-order chi connectivity index (χ0) is 10.5. The van der Waals surface area contributed by atoms with E-state index in [4.69, 9.17) is 10.8 Å². The molecule has 1 atom stereocenters. The number of carboxylic acids is 1. The fourth-order valence-corrected chi connectivity index (χ4v) is 0.767. The van der Waals surface area contributed by atoms with Crippen molar-refractivity contribution < 1.29 is 23.3 Å². The molecule has 0 aromatic heterocycles. The van der Waals surface area contributed by atoms with Crippen molar-refractivity contribution >= 4 is 5.97 Å². The van der Waals surface area contributed by atoms with E-state index < -0.39 is 23.5 Å². The molecule has 0 unspecified atom stereocenters. The van der Waals surface area contributed by atoms with E-state index in [2.05, 4.69) is 0 Å². The van der Waals surface area contributed by atoms with Crippen LogP contribution in [0.1, 0.15) is 19.3 Å². The molecule has 0 saturated carbocycles. The Hall–Kier alpha value is -0.820. The molecular weight excluding hydrogens is 189 g/mol. The van der Waals surface area contributed by atoms with Crippen LogP contribution in [0.4, 0.5) is 13.4 Å². The van der Waals surface area contributed by atoms with Gasteiger partial charge in [-0.3, -0.25) is 0 Å². The molecule has 0 aliphatic rings. The van der Waals surface area contributed by atoms with Crippen molar-refractivity contribution in [1.82, 2.24) is 5.34 Å². The van der Waals surface area contributed by atoms with Crippen LogP contribution in [-0.2, 0) is 4.79 Å². The van der Waals surface area contributed by atoms with E-state index in [1.165, 1.54) is 0 Å². The number of aliphatic carboxylic acids is 1. The molecule has 78 valence electrons. The number of hydrogen-bond acceptors (Lipinski definition) is 3. The highest BCUT2D eigenvalue weighted by atomic mass is 19.4. The lowest BCUT2D eigenvalue weighted by Gasteiger charge is -2.19. The molecule has 0 aliphatic heterocycles. The predicted molar refractivity (Wildman–Crippen MR) is 38.4 cm³/mol. The molecule has 0 aromatic rings. The second-order valence-electron chi connectivity index (χ2n) is 2.54. The molecule has 0 aliphatic carbocycles. The van der Waals surface area contributed by atoms with Gasteiger partial charge in [0.2, 0.25) is 0 Å². The Morgan fingerprint density at radius 3 is 2.31 bits per heavy atom. The van der Waals surface area contributed by atoms with Crippen LogP contribution >= 0.6 is 0 Å². The number of carbonyl (C=O) groups is 1. The Morgan fingerprint density at radius 1 is 1.46 bits per heavy atom. The lowest BCUT2D eigenvalue weighted by atomic mass is 10.1. The summed E-state index contributed by atoms with van der Waals surface area (Å²) < 4.78 is 36.5. The average Bonchev–Trinajstić information content (AvgIpc) is 2.03. The van der Waals surface area contributed by atoms with Gasteiger partial charge in [0.15, 0.2) is 0 Å². The second kappa shape index (κ2) is 5.03. The molecule has 0 rings (SSSR count). The largest absolute Gasteiger partial charge is 0.478 e. The number of hydrogen-bond donors (Lipinski definition) is 2. The van der Waals surface area contributed by atoms with Crippen LogP contribution in [0.25, 0.3) is 0 Å². The molecule has 13 heavy (non-hydrogen) atoms. The van der Waals surface area contributed by atoms with Gasteiger partial charge in [0, 0.05) is 6.42 Å². The molecular formula is C6H11F3N2O2. The third-order valence-corrected chi connectivity index (χ3v) is 1.56. The number of rotatable bonds is 6. The first-order valence-corrected chi connectivity index (χ1v) is 3.69. The van der Waals surface area contributed by atoms with Crippen LogP contribution in [0.3, 0.4) is 0 Å². The van der Waals surface area contributed by atoms with E-state index in [9.17, 15) is 18.1 Å². The van der Waals surface area contributed by atoms with Crippen molar-refractivity contribution in [3.63, 3.8) is 0 Å². The lowest BCUT2D eigenvalue weighted by molar-refractivity contribution is -0.278. The minimum absolute atomic E-state index is 0.00361. The van der Waals surface area contributed by atoms with Crippen LogP contribution in [-0.4, -0.2) is 28.8 Å². The van der Waals surface area contributed by atoms with Crippen LogP contribution in [0.5, 0.6) is 0 Å². The summed E-state index contributed by atoms with van der Waals surface area (Å²) in [5.41, 5.74) is 5.04. The van der Waals surface area contributed by atoms with Gasteiger partial charge in [-0.05, 0) is 19.4 Å². The van der Waals surface area contributed by atoms with Gasteiger partial charge >= 0.3 is 11.8 Å². The third-order valence-electron chi connectivity index (χ3n) is 1.56. The van der Waals surface area contributed by atoms with Crippen molar-refractivity contribution in [1.29, 1.82) is 0 Å². The highest BCUT2D eigenvalue weighted by Crippen LogP contribution is 2.25. The maximum absolute atomic E-state index is 12.9. The van der Waals surface area contributed by atoms with Crippen molar-refractivity contribution in [3.8, 4) is 0 Å². The topological polar surface area (TPSA) is 66.6 Å². The number of halogens is 3. The third kappa shape index (κ3) is 3.19. The van der Waals surface area contributed by atoms with Gasteiger partial charge in [-0.15, -0.1) is 0 Å². The van der Waals surface area contributed by atoms with Crippen LogP contribution in [0.15, 0.2) is 0 Å². The van der Waals surface area contributed by atoms with Crippen molar-refractivity contribution in [2.45, 2.75) is 25.1 Å². The van der Waals surface area contributed by atoms with Gasteiger partial charge in [0.25, 0.3) is 0 Å². The highest BCUT2D eigenvalue weighted by molar-refractivity contribution is 5.76. The first-order valence-electron chi connectivity index (χ1n) is 3.69. The Bertz CT molecular complexity index is 179. The van der Waals surface area contributed by atoms with E-state index in [-0.39, 0.29) is 13.0 Å². The number of unbranched alkanes of at least 4 members (excludes halogenated alkanes) is 1. The Kier molecular flexibility index (Phi) is 4.71. The summed E-state index contributed by atoms with van der Waals surface area (Å²) in [5, 5.41) is 6.25. The van der Waals surface area contributed by atoms with Gasteiger partial charge in [-0.2, -0.15) is 0 Å². The first-order chi connectivity index (χ1) is 5.95. The molecule has 0 bridgehead atoms. The van der Waals surface area contributed by atoms with Crippen molar-refractivity contribution in [2.75, 3.05) is 6.54 Å². The van der Waals surface area contributed by atoms with E-state index in [1.807, 2.05) is 0 Å². The standard InChI is InChI=1S/C6H11F3N2O2/c7-6(5(12)13,11(8)9)3-1-2-4-10/h1-4,10H2,(H,12,13)/t6-/m0/s1. The maximum atomic E-state index is 12.9. The Morgan fingerprint density at radius 2 is 2.00 bits per heavy atom.